The van der Waals surface area contributed by atoms with E-state index in [2.05, 4.69) is 9.97 Å². The fourth-order valence-electron chi connectivity index (χ4n) is 3.91. The Morgan fingerprint density at radius 2 is 1.66 bits per heavy atom. The highest BCUT2D eigenvalue weighted by atomic mass is 19.1. The Kier molecular flexibility index (Phi) is 5.05. The van der Waals surface area contributed by atoms with Crippen LogP contribution in [0, 0.1) is 18.6 Å². The first-order valence-corrected chi connectivity index (χ1v) is 10.3. The summed E-state index contributed by atoms with van der Waals surface area (Å²) in [5.74, 6) is 1.07. The van der Waals surface area contributed by atoms with Gasteiger partial charge in [-0.25, -0.2) is 18.7 Å². The van der Waals surface area contributed by atoms with Gasteiger partial charge >= 0.3 is 0 Å². The fourth-order valence-corrected chi connectivity index (χ4v) is 3.91. The first-order valence-electron chi connectivity index (χ1n) is 10.3. The Hall–Kier alpha value is -3.81. The van der Waals surface area contributed by atoms with E-state index in [9.17, 15) is 13.6 Å². The molecule has 0 atom stereocenters. The van der Waals surface area contributed by atoms with Crippen LogP contribution in [0.1, 0.15) is 17.3 Å². The van der Waals surface area contributed by atoms with Gasteiger partial charge in [-0.3, -0.25) is 4.79 Å². The van der Waals surface area contributed by atoms with E-state index < -0.39 is 0 Å². The van der Waals surface area contributed by atoms with Crippen LogP contribution in [-0.2, 0) is 24.3 Å². The van der Waals surface area contributed by atoms with Crippen LogP contribution in [0.4, 0.5) is 8.78 Å². The molecule has 1 aliphatic rings. The van der Waals surface area contributed by atoms with E-state index >= 15 is 0 Å². The summed E-state index contributed by atoms with van der Waals surface area (Å²) in [6.45, 7) is 2.79. The van der Waals surface area contributed by atoms with E-state index in [-0.39, 0.29) is 24.1 Å². The molecule has 2 aromatic carbocycles. The molecule has 1 amide bonds. The fraction of sp³-hybridized carbons (Fsp3) is 0.208. The van der Waals surface area contributed by atoms with Crippen molar-refractivity contribution >= 4 is 5.91 Å². The minimum atomic E-state index is -0.354. The zero-order valence-electron chi connectivity index (χ0n) is 17.4. The molecule has 0 saturated heterocycles. The van der Waals surface area contributed by atoms with Crippen molar-refractivity contribution in [2.24, 2.45) is 0 Å². The van der Waals surface area contributed by atoms with Crippen molar-refractivity contribution in [3.8, 4) is 22.6 Å². The molecule has 0 bridgehead atoms. The molecule has 1 aliphatic heterocycles. The second-order valence-corrected chi connectivity index (χ2v) is 7.76. The van der Waals surface area contributed by atoms with Crippen LogP contribution in [-0.4, -0.2) is 31.9 Å². The van der Waals surface area contributed by atoms with Crippen LogP contribution in [0.2, 0.25) is 0 Å². The van der Waals surface area contributed by atoms with Crippen molar-refractivity contribution in [1.29, 1.82) is 0 Å². The smallest absolute Gasteiger partial charge is 0.242 e. The predicted molar refractivity (Wildman–Crippen MR) is 113 cm³/mol. The van der Waals surface area contributed by atoms with E-state index in [1.807, 2.05) is 0 Å². The SMILES string of the molecule is Cc1nc2c(o1)CN(C(=O)Cn1cc(-c3ccc(F)cc3)nc1-c1ccc(F)cc1)CC2. The first-order chi connectivity index (χ1) is 15.5. The van der Waals surface area contributed by atoms with Gasteiger partial charge in [0.05, 0.1) is 17.9 Å². The molecule has 0 N–H and O–H groups in total. The number of nitrogens with zero attached hydrogens (tertiary/aromatic N) is 4. The maximum Gasteiger partial charge on any atom is 0.242 e. The molecular weight excluding hydrogens is 414 g/mol. The van der Waals surface area contributed by atoms with E-state index in [0.29, 0.717) is 42.5 Å². The van der Waals surface area contributed by atoms with Gasteiger partial charge in [-0.1, -0.05) is 0 Å². The molecule has 8 heteroatoms. The molecule has 2 aromatic heterocycles. The number of imidazole rings is 1. The lowest BCUT2D eigenvalue weighted by Crippen LogP contribution is -2.37. The van der Waals surface area contributed by atoms with Crippen LogP contribution in [0.3, 0.4) is 0 Å². The second kappa shape index (κ2) is 8.03. The molecule has 0 aliphatic carbocycles. The third kappa shape index (κ3) is 3.91. The lowest BCUT2D eigenvalue weighted by molar-refractivity contribution is -0.133. The van der Waals surface area contributed by atoms with Crippen molar-refractivity contribution in [3.63, 3.8) is 0 Å². The number of amides is 1. The number of aromatic nitrogens is 3. The van der Waals surface area contributed by atoms with E-state index in [1.54, 1.807) is 46.9 Å². The van der Waals surface area contributed by atoms with E-state index in [0.717, 1.165) is 17.0 Å². The molecule has 0 spiro atoms. The van der Waals surface area contributed by atoms with Gasteiger partial charge in [0, 0.05) is 37.2 Å². The van der Waals surface area contributed by atoms with E-state index in [4.69, 9.17) is 4.42 Å². The number of hydrogen-bond acceptors (Lipinski definition) is 4. The van der Waals surface area contributed by atoms with Gasteiger partial charge in [0.1, 0.15) is 29.8 Å². The summed E-state index contributed by atoms with van der Waals surface area (Å²) in [4.78, 5) is 23.9. The average molecular weight is 434 g/mol. The highest BCUT2D eigenvalue weighted by Gasteiger charge is 2.26. The first kappa shape index (κ1) is 20.1. The van der Waals surface area contributed by atoms with Crippen molar-refractivity contribution in [2.75, 3.05) is 6.54 Å². The number of rotatable bonds is 4. The monoisotopic (exact) mass is 434 g/mol. The summed E-state index contributed by atoms with van der Waals surface area (Å²) in [6.07, 6.45) is 2.41. The van der Waals surface area contributed by atoms with Crippen LogP contribution in [0.5, 0.6) is 0 Å². The summed E-state index contributed by atoms with van der Waals surface area (Å²) in [5.41, 5.74) is 2.91. The largest absolute Gasteiger partial charge is 0.444 e. The molecule has 32 heavy (non-hydrogen) atoms. The Morgan fingerprint density at radius 3 is 2.34 bits per heavy atom. The Bertz CT molecular complexity index is 1280. The standard InChI is InChI=1S/C24H20F2N4O2/c1-15-27-20-10-11-29(13-22(20)32-15)23(31)14-30-12-21(16-2-6-18(25)7-3-16)28-24(30)17-4-8-19(26)9-5-17/h2-9,12H,10-11,13-14H2,1H3. The Labute approximate surface area is 183 Å². The van der Waals surface area contributed by atoms with Gasteiger partial charge in [-0.15, -0.1) is 0 Å². The van der Waals surface area contributed by atoms with Gasteiger partial charge in [0.2, 0.25) is 5.91 Å². The molecule has 0 radical (unpaired) electrons. The maximum absolute atomic E-state index is 13.4. The summed E-state index contributed by atoms with van der Waals surface area (Å²) in [6, 6.07) is 11.9. The summed E-state index contributed by atoms with van der Waals surface area (Å²) < 4.78 is 34.2. The third-order valence-corrected chi connectivity index (χ3v) is 5.52. The molecular formula is C24H20F2N4O2. The molecule has 0 fully saturated rings. The topological polar surface area (TPSA) is 64.2 Å². The van der Waals surface area contributed by atoms with Crippen LogP contribution in [0.15, 0.2) is 59.1 Å². The van der Waals surface area contributed by atoms with Crippen molar-refractivity contribution in [2.45, 2.75) is 26.4 Å². The third-order valence-electron chi connectivity index (χ3n) is 5.52. The van der Waals surface area contributed by atoms with Crippen molar-refractivity contribution in [3.05, 3.63) is 83.7 Å². The number of hydrogen-bond donors (Lipinski definition) is 0. The molecule has 3 heterocycles. The molecule has 0 saturated carbocycles. The Balaban J connectivity index is 1.45. The minimum Gasteiger partial charge on any atom is -0.444 e. The van der Waals surface area contributed by atoms with Gasteiger partial charge < -0.3 is 13.9 Å². The zero-order chi connectivity index (χ0) is 22.2. The van der Waals surface area contributed by atoms with Crippen LogP contribution in [0.25, 0.3) is 22.6 Å². The summed E-state index contributed by atoms with van der Waals surface area (Å²) in [5, 5.41) is 0. The lowest BCUT2D eigenvalue weighted by Gasteiger charge is -2.25. The number of benzene rings is 2. The molecule has 162 valence electrons. The van der Waals surface area contributed by atoms with Gasteiger partial charge in [-0.05, 0) is 48.5 Å². The summed E-state index contributed by atoms with van der Waals surface area (Å²) in [7, 11) is 0. The minimum absolute atomic E-state index is 0.0589. The Morgan fingerprint density at radius 1 is 1.00 bits per heavy atom. The van der Waals surface area contributed by atoms with Gasteiger partial charge in [0.15, 0.2) is 5.89 Å². The predicted octanol–water partition coefficient (Wildman–Crippen LogP) is 4.38. The lowest BCUT2D eigenvalue weighted by atomic mass is 10.1. The number of halogens is 2. The van der Waals surface area contributed by atoms with Gasteiger partial charge in [0.25, 0.3) is 0 Å². The molecule has 4 aromatic rings. The van der Waals surface area contributed by atoms with Crippen molar-refractivity contribution < 1.29 is 18.0 Å². The highest BCUT2D eigenvalue weighted by Crippen LogP contribution is 2.26. The maximum atomic E-state index is 13.4. The number of fused-ring (bicyclic) bond motifs is 1. The van der Waals surface area contributed by atoms with Gasteiger partial charge in [-0.2, -0.15) is 0 Å². The van der Waals surface area contributed by atoms with Crippen LogP contribution >= 0.6 is 0 Å². The quantitative estimate of drug-likeness (QED) is 0.478. The molecule has 6 nitrogen and oxygen atoms in total. The number of carbonyl (C=O) groups is 1. The zero-order valence-corrected chi connectivity index (χ0v) is 17.4. The van der Waals surface area contributed by atoms with Crippen LogP contribution < -0.4 is 0 Å². The normalized spacial score (nSPS) is 13.3. The molecule has 0 unspecified atom stereocenters. The summed E-state index contributed by atoms with van der Waals surface area (Å²) >= 11 is 0. The second-order valence-electron chi connectivity index (χ2n) is 7.76. The average Bonchev–Trinajstić information content (AvgIpc) is 3.36. The number of oxazole rings is 1. The highest BCUT2D eigenvalue weighted by molar-refractivity contribution is 5.77. The number of aryl methyl sites for hydroxylation is 1. The molecule has 5 rings (SSSR count). The van der Waals surface area contributed by atoms with E-state index in [1.165, 1.54) is 24.3 Å². The van der Waals surface area contributed by atoms with Crippen molar-refractivity contribution in [1.82, 2.24) is 19.4 Å². The number of carbonyl (C=O) groups excluding carboxylic acids is 1.